The third-order valence-corrected chi connectivity index (χ3v) is 3.68. The Balaban J connectivity index is 2.05. The second-order valence-electron chi connectivity index (χ2n) is 4.26. The van der Waals surface area contributed by atoms with Crippen LogP contribution in [0, 0.1) is 0 Å². The number of hydrogen-bond donors (Lipinski definition) is 0. The number of unbranched alkanes of at least 4 members (excludes halogenated alkanes) is 1. The van der Waals surface area contributed by atoms with Gasteiger partial charge >= 0.3 is 0 Å². The van der Waals surface area contributed by atoms with Crippen LogP contribution in [0.2, 0.25) is 5.02 Å². The molecule has 0 atom stereocenters. The molecule has 0 radical (unpaired) electrons. The van der Waals surface area contributed by atoms with Crippen molar-refractivity contribution in [3.63, 3.8) is 0 Å². The summed E-state index contributed by atoms with van der Waals surface area (Å²) in [4.78, 5) is 0. The van der Waals surface area contributed by atoms with Crippen LogP contribution in [0.1, 0.15) is 12.8 Å². The fourth-order valence-corrected chi connectivity index (χ4v) is 2.44. The standard InChI is InChI=1S/C16H16BrClO/c17-10-4-5-11-19-16-9-8-14(12-15(16)18)13-6-2-1-3-7-13/h1-3,6-9,12H,4-5,10-11H2. The minimum atomic E-state index is 0.667. The maximum Gasteiger partial charge on any atom is 0.137 e. The van der Waals surface area contributed by atoms with Crippen molar-refractivity contribution in [1.29, 1.82) is 0 Å². The molecule has 1 nitrogen and oxygen atoms in total. The molecule has 0 saturated carbocycles. The van der Waals surface area contributed by atoms with Gasteiger partial charge < -0.3 is 4.74 Å². The summed E-state index contributed by atoms with van der Waals surface area (Å²) in [6.45, 7) is 0.704. The molecule has 0 spiro atoms. The molecule has 0 fully saturated rings. The van der Waals surface area contributed by atoms with Gasteiger partial charge in [-0.2, -0.15) is 0 Å². The van der Waals surface area contributed by atoms with Crippen molar-refractivity contribution in [1.82, 2.24) is 0 Å². The fourth-order valence-electron chi connectivity index (χ4n) is 1.81. The van der Waals surface area contributed by atoms with Crippen LogP contribution in [-0.4, -0.2) is 11.9 Å². The number of benzene rings is 2. The summed E-state index contributed by atoms with van der Waals surface area (Å²) in [7, 11) is 0. The van der Waals surface area contributed by atoms with E-state index in [1.807, 2.05) is 36.4 Å². The monoisotopic (exact) mass is 338 g/mol. The molecule has 2 aromatic rings. The molecule has 0 N–H and O–H groups in total. The van der Waals surface area contributed by atoms with Gasteiger partial charge in [0.25, 0.3) is 0 Å². The molecule has 0 aliphatic rings. The number of halogens is 2. The van der Waals surface area contributed by atoms with Gasteiger partial charge in [-0.05, 0) is 36.1 Å². The van der Waals surface area contributed by atoms with Crippen molar-refractivity contribution < 1.29 is 4.74 Å². The topological polar surface area (TPSA) is 9.23 Å². The normalized spacial score (nSPS) is 10.4. The summed E-state index contributed by atoms with van der Waals surface area (Å²) in [5.41, 5.74) is 2.27. The lowest BCUT2D eigenvalue weighted by molar-refractivity contribution is 0.310. The van der Waals surface area contributed by atoms with Crippen molar-refractivity contribution in [2.45, 2.75) is 12.8 Å². The fraction of sp³-hybridized carbons (Fsp3) is 0.250. The number of rotatable bonds is 6. The zero-order valence-corrected chi connectivity index (χ0v) is 13.0. The second-order valence-corrected chi connectivity index (χ2v) is 5.46. The lowest BCUT2D eigenvalue weighted by atomic mass is 10.1. The van der Waals surface area contributed by atoms with E-state index in [0.717, 1.165) is 35.0 Å². The maximum atomic E-state index is 6.26. The molecule has 19 heavy (non-hydrogen) atoms. The van der Waals surface area contributed by atoms with Crippen LogP contribution in [0.15, 0.2) is 48.5 Å². The Kier molecular flexibility index (Phi) is 5.74. The van der Waals surface area contributed by atoms with E-state index < -0.39 is 0 Å². The Morgan fingerprint density at radius 2 is 1.74 bits per heavy atom. The lowest BCUT2D eigenvalue weighted by Crippen LogP contribution is -1.98. The highest BCUT2D eigenvalue weighted by atomic mass is 79.9. The molecule has 0 aliphatic carbocycles. The van der Waals surface area contributed by atoms with Crippen molar-refractivity contribution in [2.24, 2.45) is 0 Å². The molecule has 0 amide bonds. The van der Waals surface area contributed by atoms with E-state index in [2.05, 4.69) is 28.1 Å². The average molecular weight is 340 g/mol. The second kappa shape index (κ2) is 7.56. The Labute approximate surface area is 127 Å². The SMILES string of the molecule is Clc1cc(-c2ccccc2)ccc1OCCCCBr. The van der Waals surface area contributed by atoms with Gasteiger partial charge in [-0.25, -0.2) is 0 Å². The van der Waals surface area contributed by atoms with Gasteiger partial charge in [0, 0.05) is 5.33 Å². The van der Waals surface area contributed by atoms with E-state index in [9.17, 15) is 0 Å². The van der Waals surface area contributed by atoms with Crippen LogP contribution < -0.4 is 4.74 Å². The van der Waals surface area contributed by atoms with Crippen LogP contribution in [0.25, 0.3) is 11.1 Å². The van der Waals surface area contributed by atoms with Gasteiger partial charge in [-0.1, -0.05) is 63.9 Å². The van der Waals surface area contributed by atoms with E-state index in [4.69, 9.17) is 16.3 Å². The third-order valence-electron chi connectivity index (χ3n) is 2.82. The molecule has 0 bridgehead atoms. The van der Waals surface area contributed by atoms with E-state index in [1.165, 1.54) is 0 Å². The predicted octanol–water partition coefficient (Wildman–Crippen LogP) is 5.56. The van der Waals surface area contributed by atoms with Crippen molar-refractivity contribution in [3.8, 4) is 16.9 Å². The van der Waals surface area contributed by atoms with Crippen LogP contribution >= 0.6 is 27.5 Å². The van der Waals surface area contributed by atoms with Crippen molar-refractivity contribution in [3.05, 3.63) is 53.6 Å². The Hall–Kier alpha value is -0.990. The van der Waals surface area contributed by atoms with Crippen LogP contribution in [0.4, 0.5) is 0 Å². The summed E-state index contributed by atoms with van der Waals surface area (Å²) >= 11 is 9.66. The third kappa shape index (κ3) is 4.26. The molecule has 0 saturated heterocycles. The first-order valence-corrected chi connectivity index (χ1v) is 7.85. The quantitative estimate of drug-likeness (QED) is 0.494. The molecule has 0 unspecified atom stereocenters. The van der Waals surface area contributed by atoms with Gasteiger partial charge in [0.2, 0.25) is 0 Å². The number of alkyl halides is 1. The van der Waals surface area contributed by atoms with Crippen molar-refractivity contribution >= 4 is 27.5 Å². The minimum absolute atomic E-state index is 0.667. The molecule has 2 rings (SSSR count). The summed E-state index contributed by atoms with van der Waals surface area (Å²) in [6.07, 6.45) is 2.14. The van der Waals surface area contributed by atoms with Crippen LogP contribution in [0.5, 0.6) is 5.75 Å². The van der Waals surface area contributed by atoms with Crippen LogP contribution in [-0.2, 0) is 0 Å². The van der Waals surface area contributed by atoms with Gasteiger partial charge in [0.05, 0.1) is 11.6 Å². The highest BCUT2D eigenvalue weighted by Gasteiger charge is 2.04. The molecule has 0 heterocycles. The smallest absolute Gasteiger partial charge is 0.137 e. The number of hydrogen-bond acceptors (Lipinski definition) is 1. The van der Waals surface area contributed by atoms with Gasteiger partial charge in [-0.15, -0.1) is 0 Å². The zero-order chi connectivity index (χ0) is 13.5. The first kappa shape index (κ1) is 14.4. The molecule has 3 heteroatoms. The Bertz CT molecular complexity index is 513. The molecule has 0 aromatic heterocycles. The van der Waals surface area contributed by atoms with E-state index in [-0.39, 0.29) is 0 Å². The average Bonchev–Trinajstić information content (AvgIpc) is 2.46. The molecular weight excluding hydrogens is 324 g/mol. The van der Waals surface area contributed by atoms with E-state index in [0.29, 0.717) is 11.6 Å². The lowest BCUT2D eigenvalue weighted by Gasteiger charge is -2.09. The Morgan fingerprint density at radius 1 is 0.947 bits per heavy atom. The van der Waals surface area contributed by atoms with Gasteiger partial charge in [0.1, 0.15) is 5.75 Å². The minimum Gasteiger partial charge on any atom is -0.492 e. The van der Waals surface area contributed by atoms with Gasteiger partial charge in [-0.3, -0.25) is 0 Å². The molecular formula is C16H16BrClO. The maximum absolute atomic E-state index is 6.26. The largest absolute Gasteiger partial charge is 0.492 e. The summed E-state index contributed by atoms with van der Waals surface area (Å²) in [5, 5.41) is 1.68. The predicted molar refractivity (Wildman–Crippen MR) is 85.4 cm³/mol. The summed E-state index contributed by atoms with van der Waals surface area (Å²) in [5.74, 6) is 0.760. The molecule has 0 aliphatic heterocycles. The van der Waals surface area contributed by atoms with Crippen LogP contribution in [0.3, 0.4) is 0 Å². The molecule has 100 valence electrons. The number of ether oxygens (including phenoxy) is 1. The van der Waals surface area contributed by atoms with Gasteiger partial charge in [0.15, 0.2) is 0 Å². The first-order valence-electron chi connectivity index (χ1n) is 6.35. The summed E-state index contributed by atoms with van der Waals surface area (Å²) < 4.78 is 5.68. The first-order chi connectivity index (χ1) is 9.31. The highest BCUT2D eigenvalue weighted by Crippen LogP contribution is 2.30. The Morgan fingerprint density at radius 3 is 2.42 bits per heavy atom. The van der Waals surface area contributed by atoms with Crippen molar-refractivity contribution in [2.75, 3.05) is 11.9 Å². The van der Waals surface area contributed by atoms with E-state index >= 15 is 0 Å². The summed E-state index contributed by atoms with van der Waals surface area (Å²) in [6, 6.07) is 16.1. The molecule has 2 aromatic carbocycles. The highest BCUT2D eigenvalue weighted by molar-refractivity contribution is 9.09. The zero-order valence-electron chi connectivity index (χ0n) is 10.6. The van der Waals surface area contributed by atoms with E-state index in [1.54, 1.807) is 0 Å².